The van der Waals surface area contributed by atoms with Crippen LogP contribution >= 0.6 is 11.6 Å². The highest BCUT2D eigenvalue weighted by Gasteiger charge is 2.27. The summed E-state index contributed by atoms with van der Waals surface area (Å²) in [4.78, 5) is 16.3. The number of H-pyrrole nitrogens is 1. The average Bonchev–Trinajstić information content (AvgIpc) is 2.72. The van der Waals surface area contributed by atoms with Gasteiger partial charge in [0.2, 0.25) is 5.91 Å². The molecule has 0 aliphatic carbocycles. The van der Waals surface area contributed by atoms with Gasteiger partial charge < -0.3 is 9.88 Å². The van der Waals surface area contributed by atoms with Crippen molar-refractivity contribution in [1.29, 1.82) is 0 Å². The van der Waals surface area contributed by atoms with Crippen molar-refractivity contribution in [3.05, 3.63) is 24.0 Å². The van der Waals surface area contributed by atoms with E-state index in [1.165, 1.54) is 0 Å². The molecule has 2 rings (SSSR count). The summed E-state index contributed by atoms with van der Waals surface area (Å²) in [6.45, 7) is 1.46. The summed E-state index contributed by atoms with van der Waals surface area (Å²) in [5.41, 5.74) is 1.16. The molecular weight excluding hydrogens is 200 g/mol. The van der Waals surface area contributed by atoms with Crippen molar-refractivity contribution in [3.8, 4) is 0 Å². The predicted molar refractivity (Wildman–Crippen MR) is 55.3 cm³/mol. The number of likely N-dealkylation sites (tertiary alicyclic amines) is 1. The summed E-state index contributed by atoms with van der Waals surface area (Å²) >= 11 is 5.89. The second-order valence-electron chi connectivity index (χ2n) is 3.59. The molecular formula is C10H13ClN2O. The molecule has 0 spiro atoms. The molecule has 1 aromatic heterocycles. The Kier molecular flexibility index (Phi) is 2.77. The minimum atomic E-state index is 0.00569. The first-order valence-corrected chi connectivity index (χ1v) is 5.23. The van der Waals surface area contributed by atoms with Crippen LogP contribution in [0.25, 0.3) is 0 Å². The largest absolute Gasteiger partial charge is 0.365 e. The van der Waals surface area contributed by atoms with Gasteiger partial charge in [0.1, 0.15) is 0 Å². The van der Waals surface area contributed by atoms with Crippen molar-refractivity contribution >= 4 is 17.5 Å². The van der Waals surface area contributed by atoms with Gasteiger partial charge in [0, 0.05) is 37.8 Å². The number of hydrogen-bond acceptors (Lipinski definition) is 1. The third-order valence-electron chi connectivity index (χ3n) is 2.48. The first kappa shape index (κ1) is 9.59. The minimum Gasteiger partial charge on any atom is -0.365 e. The quantitative estimate of drug-likeness (QED) is 0.756. The Morgan fingerprint density at radius 1 is 1.64 bits per heavy atom. The highest BCUT2D eigenvalue weighted by molar-refractivity contribution is 6.22. The number of halogens is 1. The van der Waals surface area contributed by atoms with E-state index in [2.05, 4.69) is 4.98 Å². The number of nitrogens with zero attached hydrogens (tertiary/aromatic N) is 1. The molecule has 1 saturated heterocycles. The maximum absolute atomic E-state index is 11.4. The van der Waals surface area contributed by atoms with E-state index in [1.807, 2.05) is 23.2 Å². The van der Waals surface area contributed by atoms with Gasteiger partial charge in [-0.15, -0.1) is 11.6 Å². The summed E-state index contributed by atoms with van der Waals surface area (Å²) in [7, 11) is 0. The second-order valence-corrected chi connectivity index (χ2v) is 4.20. The van der Waals surface area contributed by atoms with Crippen LogP contribution in [0.4, 0.5) is 0 Å². The lowest BCUT2D eigenvalue weighted by Crippen LogP contribution is -2.27. The molecule has 14 heavy (non-hydrogen) atoms. The van der Waals surface area contributed by atoms with Crippen LogP contribution in [-0.2, 0) is 11.2 Å². The Hall–Kier alpha value is -0.960. The van der Waals surface area contributed by atoms with E-state index in [9.17, 15) is 4.79 Å². The summed E-state index contributed by atoms with van der Waals surface area (Å²) in [5, 5.41) is 0.00569. The molecule has 0 saturated carbocycles. The second kappa shape index (κ2) is 4.05. The molecule has 0 radical (unpaired) electrons. The molecule has 1 unspecified atom stereocenters. The van der Waals surface area contributed by atoms with Crippen LogP contribution in [0, 0.1) is 0 Å². The van der Waals surface area contributed by atoms with E-state index in [0.29, 0.717) is 13.0 Å². The van der Waals surface area contributed by atoms with Crippen molar-refractivity contribution in [1.82, 2.24) is 9.88 Å². The van der Waals surface area contributed by atoms with E-state index in [-0.39, 0.29) is 11.3 Å². The summed E-state index contributed by atoms with van der Waals surface area (Å²) in [6, 6.07) is 3.99. The average molecular weight is 213 g/mol. The van der Waals surface area contributed by atoms with Crippen molar-refractivity contribution in [2.45, 2.75) is 18.2 Å². The van der Waals surface area contributed by atoms with Gasteiger partial charge in [0.05, 0.1) is 5.38 Å². The Morgan fingerprint density at radius 3 is 3.07 bits per heavy atom. The van der Waals surface area contributed by atoms with E-state index in [1.54, 1.807) is 0 Å². The Labute approximate surface area is 88.0 Å². The Bertz CT molecular complexity index is 310. The van der Waals surface area contributed by atoms with Crippen molar-refractivity contribution < 1.29 is 4.79 Å². The maximum Gasteiger partial charge on any atom is 0.224 e. The third kappa shape index (κ3) is 2.10. The van der Waals surface area contributed by atoms with E-state index in [4.69, 9.17) is 11.6 Å². The Balaban J connectivity index is 1.84. The fraction of sp³-hybridized carbons (Fsp3) is 0.500. The fourth-order valence-corrected chi connectivity index (χ4v) is 2.02. The molecule has 0 bridgehead atoms. The molecule has 2 heterocycles. The molecule has 1 aliphatic heterocycles. The fourth-order valence-electron chi connectivity index (χ4n) is 1.72. The van der Waals surface area contributed by atoms with Crippen LogP contribution in [0.3, 0.4) is 0 Å². The third-order valence-corrected chi connectivity index (χ3v) is 2.77. The number of carbonyl (C=O) groups excluding carboxylic acids is 1. The number of aromatic amines is 1. The lowest BCUT2D eigenvalue weighted by Gasteiger charge is -2.14. The molecule has 4 heteroatoms. The monoisotopic (exact) mass is 212 g/mol. The van der Waals surface area contributed by atoms with Crippen LogP contribution in [-0.4, -0.2) is 34.3 Å². The van der Waals surface area contributed by atoms with Crippen molar-refractivity contribution in [2.24, 2.45) is 0 Å². The van der Waals surface area contributed by atoms with Crippen LogP contribution in [0.1, 0.15) is 12.1 Å². The van der Waals surface area contributed by atoms with Gasteiger partial charge in [0.15, 0.2) is 0 Å². The molecule has 3 nitrogen and oxygen atoms in total. The molecule has 1 aromatic rings. The SMILES string of the molecule is O=C1CC(Cl)CN1CCc1ccc[nH]1. The number of amides is 1. The molecule has 1 N–H and O–H groups in total. The lowest BCUT2D eigenvalue weighted by atomic mass is 10.3. The highest BCUT2D eigenvalue weighted by atomic mass is 35.5. The van der Waals surface area contributed by atoms with Gasteiger partial charge in [-0.05, 0) is 12.1 Å². The minimum absolute atomic E-state index is 0.00569. The first-order chi connectivity index (χ1) is 6.75. The number of rotatable bonds is 3. The van der Waals surface area contributed by atoms with E-state index < -0.39 is 0 Å². The van der Waals surface area contributed by atoms with E-state index >= 15 is 0 Å². The van der Waals surface area contributed by atoms with Gasteiger partial charge in [-0.25, -0.2) is 0 Å². The summed E-state index contributed by atoms with van der Waals surface area (Å²) in [5.74, 6) is 0.177. The van der Waals surface area contributed by atoms with Crippen LogP contribution in [0.2, 0.25) is 0 Å². The normalized spacial score (nSPS) is 21.9. The van der Waals surface area contributed by atoms with E-state index in [0.717, 1.165) is 18.7 Å². The number of aromatic nitrogens is 1. The van der Waals surface area contributed by atoms with Gasteiger partial charge in [-0.3, -0.25) is 4.79 Å². The predicted octanol–water partition coefficient (Wildman–Crippen LogP) is 1.40. The summed E-state index contributed by atoms with van der Waals surface area (Å²) < 4.78 is 0. The van der Waals surface area contributed by atoms with Gasteiger partial charge in [0.25, 0.3) is 0 Å². The zero-order valence-electron chi connectivity index (χ0n) is 7.87. The zero-order valence-corrected chi connectivity index (χ0v) is 8.63. The Morgan fingerprint density at radius 2 is 2.50 bits per heavy atom. The zero-order chi connectivity index (χ0) is 9.97. The first-order valence-electron chi connectivity index (χ1n) is 4.80. The van der Waals surface area contributed by atoms with Gasteiger partial charge in [-0.1, -0.05) is 0 Å². The molecule has 1 atom stereocenters. The number of hydrogen-bond donors (Lipinski definition) is 1. The topological polar surface area (TPSA) is 36.1 Å². The molecule has 1 fully saturated rings. The van der Waals surface area contributed by atoms with Crippen LogP contribution in [0.5, 0.6) is 0 Å². The molecule has 1 amide bonds. The van der Waals surface area contributed by atoms with Crippen LogP contribution < -0.4 is 0 Å². The van der Waals surface area contributed by atoms with Crippen LogP contribution in [0.15, 0.2) is 18.3 Å². The number of carbonyl (C=O) groups is 1. The molecule has 76 valence electrons. The van der Waals surface area contributed by atoms with Crippen molar-refractivity contribution in [3.63, 3.8) is 0 Å². The summed E-state index contributed by atoms with van der Waals surface area (Å²) in [6.07, 6.45) is 3.26. The molecule has 0 aromatic carbocycles. The number of alkyl halides is 1. The van der Waals surface area contributed by atoms with Crippen molar-refractivity contribution in [2.75, 3.05) is 13.1 Å². The number of nitrogens with one attached hydrogen (secondary N) is 1. The molecule has 1 aliphatic rings. The smallest absolute Gasteiger partial charge is 0.224 e. The van der Waals surface area contributed by atoms with Gasteiger partial charge >= 0.3 is 0 Å². The van der Waals surface area contributed by atoms with Gasteiger partial charge in [-0.2, -0.15) is 0 Å². The standard InChI is InChI=1S/C10H13ClN2O/c11-8-6-10(14)13(7-8)5-3-9-2-1-4-12-9/h1-2,4,8,12H,3,5-7H2. The highest BCUT2D eigenvalue weighted by Crippen LogP contribution is 2.16. The lowest BCUT2D eigenvalue weighted by molar-refractivity contribution is -0.127. The maximum atomic E-state index is 11.4.